The maximum atomic E-state index is 9.44. The summed E-state index contributed by atoms with van der Waals surface area (Å²) >= 11 is 6.54. The van der Waals surface area contributed by atoms with E-state index in [1.807, 2.05) is 0 Å². The van der Waals surface area contributed by atoms with Gasteiger partial charge in [-0.3, -0.25) is 0 Å². The van der Waals surface area contributed by atoms with Gasteiger partial charge in [0.25, 0.3) is 0 Å². The van der Waals surface area contributed by atoms with E-state index in [-0.39, 0.29) is 11.5 Å². The van der Waals surface area contributed by atoms with Crippen LogP contribution in [0.4, 0.5) is 0 Å². The standard InChI is InChI=1S/C25H45ClO2/c1-4-5-6-7-8-9-10-11-12-13-14-15-16-17-18-19-20-25(26,21-23(2)27)22-24(3)28/h11-12,27-28H,2-10,13-22H2,1H3/b12-11-. The number of rotatable bonds is 20. The van der Waals surface area contributed by atoms with E-state index in [1.54, 1.807) is 0 Å². The van der Waals surface area contributed by atoms with E-state index in [2.05, 4.69) is 32.2 Å². The Morgan fingerprint density at radius 1 is 0.714 bits per heavy atom. The van der Waals surface area contributed by atoms with Crippen LogP contribution in [-0.4, -0.2) is 15.1 Å². The van der Waals surface area contributed by atoms with Crippen LogP contribution >= 0.6 is 11.6 Å². The third-order valence-electron chi connectivity index (χ3n) is 5.18. The van der Waals surface area contributed by atoms with Crippen molar-refractivity contribution in [3.8, 4) is 0 Å². The van der Waals surface area contributed by atoms with Crippen molar-refractivity contribution in [1.29, 1.82) is 0 Å². The van der Waals surface area contributed by atoms with Crippen LogP contribution in [0.25, 0.3) is 0 Å². The Morgan fingerprint density at radius 3 is 1.54 bits per heavy atom. The van der Waals surface area contributed by atoms with E-state index in [0.717, 1.165) is 19.3 Å². The fourth-order valence-electron chi connectivity index (χ4n) is 3.66. The van der Waals surface area contributed by atoms with Crippen molar-refractivity contribution in [2.75, 3.05) is 0 Å². The molecular formula is C25H45ClO2. The van der Waals surface area contributed by atoms with E-state index in [1.165, 1.54) is 77.0 Å². The van der Waals surface area contributed by atoms with Crippen molar-refractivity contribution in [3.63, 3.8) is 0 Å². The summed E-state index contributed by atoms with van der Waals surface area (Å²) in [6.07, 6.45) is 24.0. The molecule has 0 aliphatic rings. The number of hydrogen-bond acceptors (Lipinski definition) is 2. The first-order chi connectivity index (χ1) is 13.4. The van der Waals surface area contributed by atoms with Gasteiger partial charge < -0.3 is 10.2 Å². The van der Waals surface area contributed by atoms with Gasteiger partial charge in [-0.25, -0.2) is 0 Å². The Hall–Kier alpha value is -0.890. The van der Waals surface area contributed by atoms with Crippen LogP contribution in [0.2, 0.25) is 0 Å². The van der Waals surface area contributed by atoms with Crippen molar-refractivity contribution >= 4 is 11.6 Å². The molecule has 0 aliphatic carbocycles. The number of halogens is 1. The highest BCUT2D eigenvalue weighted by Crippen LogP contribution is 2.34. The molecule has 164 valence electrons. The molecule has 0 fully saturated rings. The van der Waals surface area contributed by atoms with Crippen LogP contribution in [0.5, 0.6) is 0 Å². The molecule has 0 heterocycles. The van der Waals surface area contributed by atoms with Crippen molar-refractivity contribution in [3.05, 3.63) is 36.8 Å². The Balaban J connectivity index is 3.56. The molecular weight excluding hydrogens is 368 g/mol. The summed E-state index contributed by atoms with van der Waals surface area (Å²) in [6, 6.07) is 0. The van der Waals surface area contributed by atoms with Gasteiger partial charge in [0.2, 0.25) is 0 Å². The van der Waals surface area contributed by atoms with Gasteiger partial charge in [0.15, 0.2) is 0 Å². The highest BCUT2D eigenvalue weighted by Gasteiger charge is 2.28. The van der Waals surface area contributed by atoms with Gasteiger partial charge in [0.1, 0.15) is 0 Å². The first-order valence-corrected chi connectivity index (χ1v) is 11.8. The molecule has 0 spiro atoms. The van der Waals surface area contributed by atoms with E-state index in [4.69, 9.17) is 11.6 Å². The normalized spacial score (nSPS) is 11.9. The molecule has 2 nitrogen and oxygen atoms in total. The van der Waals surface area contributed by atoms with Crippen molar-refractivity contribution in [2.24, 2.45) is 0 Å². The fraction of sp³-hybridized carbons (Fsp3) is 0.760. The predicted molar refractivity (Wildman–Crippen MR) is 125 cm³/mol. The van der Waals surface area contributed by atoms with Crippen LogP contribution in [0, 0.1) is 0 Å². The lowest BCUT2D eigenvalue weighted by Crippen LogP contribution is -2.23. The van der Waals surface area contributed by atoms with Gasteiger partial charge in [-0.2, -0.15) is 0 Å². The van der Waals surface area contributed by atoms with Crippen molar-refractivity contribution in [1.82, 2.24) is 0 Å². The van der Waals surface area contributed by atoms with Crippen LogP contribution < -0.4 is 0 Å². The highest BCUT2D eigenvalue weighted by molar-refractivity contribution is 6.24. The Morgan fingerprint density at radius 2 is 1.11 bits per heavy atom. The molecule has 0 aromatic heterocycles. The maximum Gasteiger partial charge on any atom is 0.0868 e. The summed E-state index contributed by atoms with van der Waals surface area (Å²) in [5, 5.41) is 18.9. The van der Waals surface area contributed by atoms with Gasteiger partial charge >= 0.3 is 0 Å². The zero-order chi connectivity index (χ0) is 21.1. The topological polar surface area (TPSA) is 40.5 Å². The van der Waals surface area contributed by atoms with Gasteiger partial charge in [-0.05, 0) is 32.1 Å². The second-order valence-corrected chi connectivity index (χ2v) is 9.13. The zero-order valence-corrected chi connectivity index (χ0v) is 19.1. The fourth-order valence-corrected chi connectivity index (χ4v) is 4.10. The molecule has 0 aliphatic heterocycles. The summed E-state index contributed by atoms with van der Waals surface area (Å²) in [5.74, 6) is 0.140. The summed E-state index contributed by atoms with van der Waals surface area (Å²) < 4.78 is 0. The van der Waals surface area contributed by atoms with E-state index in [0.29, 0.717) is 12.8 Å². The molecule has 0 radical (unpaired) electrons. The lowest BCUT2D eigenvalue weighted by atomic mass is 9.91. The Labute approximate surface area is 179 Å². The third-order valence-corrected chi connectivity index (χ3v) is 5.63. The number of alkyl halides is 1. The molecule has 0 aromatic carbocycles. The van der Waals surface area contributed by atoms with Crippen LogP contribution in [0.1, 0.15) is 116 Å². The van der Waals surface area contributed by atoms with Crippen LogP contribution in [-0.2, 0) is 0 Å². The second kappa shape index (κ2) is 18.2. The summed E-state index contributed by atoms with van der Waals surface area (Å²) in [4.78, 5) is -0.654. The monoisotopic (exact) mass is 412 g/mol. The maximum absolute atomic E-state index is 9.44. The van der Waals surface area contributed by atoms with Crippen LogP contribution in [0.3, 0.4) is 0 Å². The molecule has 0 atom stereocenters. The Kier molecular flexibility index (Phi) is 17.6. The molecule has 0 saturated heterocycles. The first-order valence-electron chi connectivity index (χ1n) is 11.5. The van der Waals surface area contributed by atoms with Gasteiger partial charge in [-0.15, -0.1) is 11.6 Å². The van der Waals surface area contributed by atoms with Crippen LogP contribution in [0.15, 0.2) is 36.8 Å². The molecule has 0 saturated carbocycles. The summed E-state index contributed by atoms with van der Waals surface area (Å²) in [6.45, 7) is 9.32. The smallest absolute Gasteiger partial charge is 0.0868 e. The number of unbranched alkanes of at least 4 members (excludes halogenated alkanes) is 12. The van der Waals surface area contributed by atoms with E-state index in [9.17, 15) is 10.2 Å². The summed E-state index contributed by atoms with van der Waals surface area (Å²) in [5.41, 5.74) is 0. The molecule has 3 heteroatoms. The molecule has 2 N–H and O–H groups in total. The summed E-state index contributed by atoms with van der Waals surface area (Å²) in [7, 11) is 0. The van der Waals surface area contributed by atoms with Gasteiger partial charge in [-0.1, -0.05) is 96.4 Å². The second-order valence-electron chi connectivity index (χ2n) is 8.32. The minimum absolute atomic E-state index is 0.0702. The number of aliphatic hydroxyl groups is 2. The molecule has 0 unspecified atom stereocenters. The van der Waals surface area contributed by atoms with Gasteiger partial charge in [0, 0.05) is 12.8 Å². The molecule has 28 heavy (non-hydrogen) atoms. The SMILES string of the molecule is C=C(O)CC(Cl)(CCCCCCCC/C=C\CCCCCCCC)CC(=C)O. The average molecular weight is 413 g/mol. The minimum Gasteiger partial charge on any atom is -0.513 e. The number of hydrogen-bond donors (Lipinski definition) is 2. The highest BCUT2D eigenvalue weighted by atomic mass is 35.5. The lowest BCUT2D eigenvalue weighted by Gasteiger charge is -2.26. The van der Waals surface area contributed by atoms with Crippen molar-refractivity contribution < 1.29 is 10.2 Å². The predicted octanol–water partition coefficient (Wildman–Crippen LogP) is 9.32. The lowest BCUT2D eigenvalue weighted by molar-refractivity contribution is 0.316. The quantitative estimate of drug-likeness (QED) is 0.0904. The molecule has 0 rings (SSSR count). The van der Waals surface area contributed by atoms with Gasteiger partial charge in [0.05, 0.1) is 16.4 Å². The molecule has 0 bridgehead atoms. The van der Waals surface area contributed by atoms with E-state index >= 15 is 0 Å². The zero-order valence-electron chi connectivity index (χ0n) is 18.4. The minimum atomic E-state index is -0.654. The Bertz CT molecular complexity index is 412. The number of allylic oxidation sites excluding steroid dienone is 4. The third kappa shape index (κ3) is 18.5. The number of aliphatic hydroxyl groups excluding tert-OH is 2. The van der Waals surface area contributed by atoms with Crippen molar-refractivity contribution in [2.45, 2.75) is 121 Å². The molecule has 0 aromatic rings. The average Bonchev–Trinajstić information content (AvgIpc) is 2.60. The van der Waals surface area contributed by atoms with E-state index < -0.39 is 4.87 Å². The largest absolute Gasteiger partial charge is 0.513 e. The first kappa shape index (κ1) is 27.1. The molecule has 0 amide bonds.